The normalized spacial score (nSPS) is 12.6. The number of nitrogens with zero attached hydrogens (tertiary/aromatic N) is 2. The summed E-state index contributed by atoms with van der Waals surface area (Å²) < 4.78 is 27.3. The van der Waals surface area contributed by atoms with E-state index in [9.17, 15) is 18.0 Å². The Hall–Kier alpha value is -1.45. The molecule has 0 atom stereocenters. The van der Waals surface area contributed by atoms with Crippen molar-refractivity contribution in [1.29, 1.82) is 0 Å². The van der Waals surface area contributed by atoms with Crippen molar-refractivity contribution in [3.05, 3.63) is 32.6 Å². The van der Waals surface area contributed by atoms with Gasteiger partial charge in [0.15, 0.2) is 0 Å². The van der Waals surface area contributed by atoms with E-state index in [1.165, 1.54) is 17.8 Å². The van der Waals surface area contributed by atoms with Gasteiger partial charge in [0.2, 0.25) is 10.0 Å². The first-order valence-electron chi connectivity index (χ1n) is 6.38. The lowest BCUT2D eigenvalue weighted by Crippen LogP contribution is -2.50. The minimum atomic E-state index is -3.31. The van der Waals surface area contributed by atoms with Crippen LogP contribution in [0.25, 0.3) is 0 Å². The van der Waals surface area contributed by atoms with Gasteiger partial charge >= 0.3 is 5.69 Å². The molecule has 0 unspecified atom stereocenters. The molecule has 1 rings (SSSR count). The molecule has 2 N–H and O–H groups in total. The third-order valence-electron chi connectivity index (χ3n) is 2.86. The van der Waals surface area contributed by atoms with Crippen molar-refractivity contribution in [1.82, 2.24) is 19.2 Å². The zero-order chi connectivity index (χ0) is 16.4. The van der Waals surface area contributed by atoms with Crippen LogP contribution in [-0.4, -0.2) is 35.9 Å². The molecule has 0 bridgehead atoms. The van der Waals surface area contributed by atoms with Crippen LogP contribution in [0.2, 0.25) is 0 Å². The summed E-state index contributed by atoms with van der Waals surface area (Å²) in [5.74, 6) is 0. The Morgan fingerprint density at radius 2 is 1.81 bits per heavy atom. The van der Waals surface area contributed by atoms with Crippen LogP contribution in [0.15, 0.2) is 15.8 Å². The highest BCUT2D eigenvalue weighted by atomic mass is 32.2. The molecule has 0 spiro atoms. The highest BCUT2D eigenvalue weighted by molar-refractivity contribution is 7.88. The maximum atomic E-state index is 11.9. The number of hydrogen-bond acceptors (Lipinski definition) is 5. The molecule has 0 aromatic carbocycles. The maximum absolute atomic E-state index is 11.9. The van der Waals surface area contributed by atoms with Crippen molar-refractivity contribution < 1.29 is 8.42 Å². The third kappa shape index (κ3) is 5.10. The summed E-state index contributed by atoms with van der Waals surface area (Å²) in [5.41, 5.74) is -0.989. The van der Waals surface area contributed by atoms with Crippen molar-refractivity contribution >= 4 is 10.0 Å². The molecule has 0 fully saturated rings. The summed E-state index contributed by atoms with van der Waals surface area (Å²) in [7, 11) is -0.316. The molecule has 1 aromatic heterocycles. The smallest absolute Gasteiger partial charge is 0.311 e. The van der Waals surface area contributed by atoms with Gasteiger partial charge in [0.05, 0.1) is 6.26 Å². The van der Waals surface area contributed by atoms with E-state index in [1.807, 2.05) is 0 Å². The maximum Gasteiger partial charge on any atom is 0.330 e. The Balaban J connectivity index is 2.78. The first-order valence-corrected chi connectivity index (χ1v) is 8.27. The highest BCUT2D eigenvalue weighted by Gasteiger charge is 2.21. The van der Waals surface area contributed by atoms with E-state index >= 15 is 0 Å². The fourth-order valence-corrected chi connectivity index (χ4v) is 3.13. The van der Waals surface area contributed by atoms with E-state index < -0.39 is 15.6 Å². The van der Waals surface area contributed by atoms with Crippen molar-refractivity contribution in [3.63, 3.8) is 0 Å². The van der Waals surface area contributed by atoms with Crippen LogP contribution in [0.5, 0.6) is 0 Å². The van der Waals surface area contributed by atoms with Gasteiger partial charge in [-0.1, -0.05) is 0 Å². The number of aryl methyl sites for hydroxylation is 1. The summed E-state index contributed by atoms with van der Waals surface area (Å²) in [5, 5.41) is 3.02. The number of aromatic nitrogens is 2. The fraction of sp³-hybridized carbons (Fsp3) is 0.667. The average Bonchev–Trinajstić information content (AvgIpc) is 2.29. The van der Waals surface area contributed by atoms with Gasteiger partial charge < -0.3 is 9.88 Å². The van der Waals surface area contributed by atoms with Gasteiger partial charge in [-0.2, -0.15) is 0 Å². The lowest BCUT2D eigenvalue weighted by atomic mass is 10.1. The molecule has 120 valence electrons. The topological polar surface area (TPSA) is 102 Å². The van der Waals surface area contributed by atoms with E-state index in [0.29, 0.717) is 12.1 Å². The Kier molecular flexibility index (Phi) is 5.13. The average molecular weight is 318 g/mol. The van der Waals surface area contributed by atoms with Crippen LogP contribution >= 0.6 is 0 Å². The van der Waals surface area contributed by atoms with E-state index in [-0.39, 0.29) is 17.8 Å². The Labute approximate surface area is 123 Å². The van der Waals surface area contributed by atoms with Crippen LogP contribution in [-0.2, 0) is 30.7 Å². The summed E-state index contributed by atoms with van der Waals surface area (Å²) >= 11 is 0. The van der Waals surface area contributed by atoms with Gasteiger partial charge in [0.1, 0.15) is 0 Å². The minimum absolute atomic E-state index is 0.246. The molecular formula is C12H22N4O4S. The van der Waals surface area contributed by atoms with Crippen molar-refractivity contribution in [2.45, 2.75) is 25.9 Å². The molecule has 0 saturated heterocycles. The van der Waals surface area contributed by atoms with Crippen LogP contribution < -0.4 is 21.3 Å². The summed E-state index contributed by atoms with van der Waals surface area (Å²) in [6.45, 7) is 4.06. The van der Waals surface area contributed by atoms with E-state index in [0.717, 1.165) is 10.8 Å². The third-order valence-corrected chi connectivity index (χ3v) is 3.78. The van der Waals surface area contributed by atoms with Crippen LogP contribution in [0.4, 0.5) is 0 Å². The van der Waals surface area contributed by atoms with Gasteiger partial charge in [-0.15, -0.1) is 0 Å². The molecule has 0 radical (unpaired) electrons. The van der Waals surface area contributed by atoms with Gasteiger partial charge in [-0.3, -0.25) is 9.36 Å². The number of nitrogens with one attached hydrogen (secondary N) is 2. The van der Waals surface area contributed by atoms with Crippen molar-refractivity contribution in [2.75, 3.05) is 12.8 Å². The largest absolute Gasteiger partial charge is 0.330 e. The zero-order valence-corrected chi connectivity index (χ0v) is 13.7. The quantitative estimate of drug-likeness (QED) is 0.665. The second-order valence-electron chi connectivity index (χ2n) is 5.77. The summed E-state index contributed by atoms with van der Waals surface area (Å²) in [6.07, 6.45) is 2.58. The first-order chi connectivity index (χ1) is 9.43. The van der Waals surface area contributed by atoms with E-state index in [2.05, 4.69) is 10.0 Å². The summed E-state index contributed by atoms with van der Waals surface area (Å²) in [6, 6.07) is 0. The predicted molar refractivity (Wildman–Crippen MR) is 80.7 cm³/mol. The van der Waals surface area contributed by atoms with Crippen LogP contribution in [0, 0.1) is 0 Å². The van der Waals surface area contributed by atoms with Crippen molar-refractivity contribution in [3.8, 4) is 0 Å². The van der Waals surface area contributed by atoms with Crippen molar-refractivity contribution in [2.24, 2.45) is 14.1 Å². The second-order valence-corrected chi connectivity index (χ2v) is 7.52. The highest BCUT2D eigenvalue weighted by Crippen LogP contribution is 2.02. The molecule has 1 aromatic rings. The molecule has 0 aliphatic heterocycles. The molecule has 8 nitrogen and oxygen atoms in total. The Morgan fingerprint density at radius 3 is 2.33 bits per heavy atom. The van der Waals surface area contributed by atoms with Gasteiger partial charge in [0, 0.05) is 44.5 Å². The van der Waals surface area contributed by atoms with Gasteiger partial charge in [-0.05, 0) is 13.8 Å². The monoisotopic (exact) mass is 318 g/mol. The first kappa shape index (κ1) is 17.6. The van der Waals surface area contributed by atoms with E-state index in [4.69, 9.17) is 0 Å². The second kappa shape index (κ2) is 6.12. The minimum Gasteiger partial charge on any atom is -0.311 e. The van der Waals surface area contributed by atoms with Gasteiger partial charge in [0.25, 0.3) is 5.56 Å². The lowest BCUT2D eigenvalue weighted by molar-refractivity contribution is 0.419. The molecule has 0 aliphatic rings. The van der Waals surface area contributed by atoms with E-state index in [1.54, 1.807) is 20.9 Å². The lowest BCUT2D eigenvalue weighted by Gasteiger charge is -2.25. The molecule has 0 saturated carbocycles. The van der Waals surface area contributed by atoms with Crippen LogP contribution in [0.1, 0.15) is 19.4 Å². The van der Waals surface area contributed by atoms with Gasteiger partial charge in [-0.25, -0.2) is 17.9 Å². The van der Waals surface area contributed by atoms with Crippen LogP contribution in [0.3, 0.4) is 0 Å². The molecule has 1 heterocycles. The number of sulfonamides is 1. The zero-order valence-electron chi connectivity index (χ0n) is 12.9. The molecule has 9 heteroatoms. The molecule has 0 amide bonds. The Bertz CT molecular complexity index is 731. The molecule has 21 heavy (non-hydrogen) atoms. The summed E-state index contributed by atoms with van der Waals surface area (Å²) in [4.78, 5) is 23.5. The predicted octanol–water partition coefficient (Wildman–Crippen LogP) is -1.50. The molecule has 0 aliphatic carbocycles. The fourth-order valence-electron chi connectivity index (χ4n) is 2.05. The SMILES string of the molecule is Cn1cc(CNCC(C)(C)NS(C)(=O)=O)c(=O)n(C)c1=O. The number of rotatable bonds is 6. The number of hydrogen-bond donors (Lipinski definition) is 2. The standard InChI is InChI=1S/C12H22N4O4S/c1-12(2,14-21(5,19)20)8-13-6-9-7-15(3)11(18)16(4)10(9)17/h7,13-14H,6,8H2,1-5H3. The molecular weight excluding hydrogens is 296 g/mol. The Morgan fingerprint density at radius 1 is 1.24 bits per heavy atom.